The summed E-state index contributed by atoms with van der Waals surface area (Å²) in [5, 5.41) is 9.02. The van der Waals surface area contributed by atoms with E-state index in [9.17, 15) is 4.79 Å². The molecule has 1 N–H and O–H groups in total. The molecule has 1 rings (SSSR count). The van der Waals surface area contributed by atoms with Gasteiger partial charge in [0, 0.05) is 13.2 Å². The number of rotatable bonds is 4. The van der Waals surface area contributed by atoms with Crippen molar-refractivity contribution < 1.29 is 19.4 Å². The predicted octanol–water partition coefficient (Wildman–Crippen LogP) is -0.757. The zero-order chi connectivity index (χ0) is 10.4. The topological polar surface area (TPSA) is 59.0 Å². The Balaban J connectivity index is 2.41. The molecule has 1 unspecified atom stereocenters. The lowest BCUT2D eigenvalue weighted by Gasteiger charge is -2.34. The summed E-state index contributed by atoms with van der Waals surface area (Å²) in [6, 6.07) is -0.211. The van der Waals surface area contributed by atoms with Crippen molar-refractivity contribution in [3.63, 3.8) is 0 Å². The molecule has 1 amide bonds. The first-order valence-electron chi connectivity index (χ1n) is 4.85. The quantitative estimate of drug-likeness (QED) is 0.652. The van der Waals surface area contributed by atoms with Gasteiger partial charge in [-0.15, -0.1) is 0 Å². The summed E-state index contributed by atoms with van der Waals surface area (Å²) in [5.41, 5.74) is 0. The number of aliphatic hydroxyl groups excluding tert-OH is 1. The standard InChI is InChI=1S/C9H17NO4/c1-2-13-7-9(12)10-3-4-14-6-8(10)5-11/h8,11H,2-7H2,1H3. The van der Waals surface area contributed by atoms with Crippen LogP contribution in [0, 0.1) is 0 Å². The van der Waals surface area contributed by atoms with Crippen LogP contribution in [-0.4, -0.2) is 61.5 Å². The molecule has 0 aliphatic carbocycles. The zero-order valence-corrected chi connectivity index (χ0v) is 8.44. The van der Waals surface area contributed by atoms with Gasteiger partial charge in [0.1, 0.15) is 6.61 Å². The molecule has 1 aliphatic heterocycles. The van der Waals surface area contributed by atoms with Gasteiger partial charge in [-0.2, -0.15) is 0 Å². The molecule has 0 bridgehead atoms. The Hall–Kier alpha value is -0.650. The maximum Gasteiger partial charge on any atom is 0.249 e. The van der Waals surface area contributed by atoms with E-state index in [0.717, 1.165) is 0 Å². The largest absolute Gasteiger partial charge is 0.394 e. The molecule has 1 heterocycles. The molecule has 0 aromatic heterocycles. The number of aliphatic hydroxyl groups is 1. The van der Waals surface area contributed by atoms with Crippen LogP contribution in [0.2, 0.25) is 0 Å². The molecule has 1 aliphatic rings. The van der Waals surface area contributed by atoms with E-state index in [1.165, 1.54) is 0 Å². The average Bonchev–Trinajstić information content (AvgIpc) is 2.25. The summed E-state index contributed by atoms with van der Waals surface area (Å²) in [4.78, 5) is 13.2. The first kappa shape index (κ1) is 11.4. The molecule has 1 fully saturated rings. The molecule has 0 aromatic rings. The van der Waals surface area contributed by atoms with Gasteiger partial charge in [0.25, 0.3) is 0 Å². The number of hydrogen-bond donors (Lipinski definition) is 1. The molecule has 82 valence electrons. The summed E-state index contributed by atoms with van der Waals surface area (Å²) >= 11 is 0. The molecule has 14 heavy (non-hydrogen) atoms. The Bertz CT molecular complexity index is 186. The average molecular weight is 203 g/mol. The summed E-state index contributed by atoms with van der Waals surface area (Å²) < 4.78 is 10.2. The number of morpholine rings is 1. The minimum atomic E-state index is -0.211. The summed E-state index contributed by atoms with van der Waals surface area (Å²) in [7, 11) is 0. The van der Waals surface area contributed by atoms with Gasteiger partial charge in [-0.05, 0) is 6.92 Å². The summed E-state index contributed by atoms with van der Waals surface area (Å²) in [6.07, 6.45) is 0. The van der Waals surface area contributed by atoms with Gasteiger partial charge in [0.2, 0.25) is 5.91 Å². The van der Waals surface area contributed by atoms with Crippen molar-refractivity contribution in [3.8, 4) is 0 Å². The summed E-state index contributed by atoms with van der Waals surface area (Å²) in [6.45, 7) is 3.89. The number of ether oxygens (including phenoxy) is 2. The van der Waals surface area contributed by atoms with Crippen LogP contribution in [0.25, 0.3) is 0 Å². The molecule has 0 saturated carbocycles. The number of nitrogens with zero attached hydrogens (tertiary/aromatic N) is 1. The Morgan fingerprint density at radius 3 is 3.14 bits per heavy atom. The SMILES string of the molecule is CCOCC(=O)N1CCOCC1CO. The van der Waals surface area contributed by atoms with Crippen LogP contribution in [0.4, 0.5) is 0 Å². The van der Waals surface area contributed by atoms with E-state index in [0.29, 0.717) is 26.4 Å². The maximum atomic E-state index is 11.6. The van der Waals surface area contributed by atoms with Crippen molar-refractivity contribution >= 4 is 5.91 Å². The Morgan fingerprint density at radius 2 is 2.50 bits per heavy atom. The van der Waals surface area contributed by atoms with Crippen molar-refractivity contribution in [1.82, 2.24) is 4.90 Å². The third kappa shape index (κ3) is 2.94. The molecular formula is C9H17NO4. The van der Waals surface area contributed by atoms with Crippen LogP contribution in [0.15, 0.2) is 0 Å². The third-order valence-corrected chi connectivity index (χ3v) is 2.19. The molecular weight excluding hydrogens is 186 g/mol. The van der Waals surface area contributed by atoms with Crippen LogP contribution in [-0.2, 0) is 14.3 Å². The molecule has 5 heteroatoms. The molecule has 0 spiro atoms. The normalized spacial score (nSPS) is 22.4. The van der Waals surface area contributed by atoms with Crippen LogP contribution >= 0.6 is 0 Å². The highest BCUT2D eigenvalue weighted by atomic mass is 16.5. The van der Waals surface area contributed by atoms with Crippen LogP contribution < -0.4 is 0 Å². The van der Waals surface area contributed by atoms with Gasteiger partial charge in [0.05, 0.1) is 25.9 Å². The van der Waals surface area contributed by atoms with Gasteiger partial charge in [0.15, 0.2) is 0 Å². The Kier molecular flexibility index (Phi) is 4.86. The monoisotopic (exact) mass is 203 g/mol. The minimum absolute atomic E-state index is 0.0577. The van der Waals surface area contributed by atoms with E-state index in [1.54, 1.807) is 4.90 Å². The molecule has 1 atom stereocenters. The van der Waals surface area contributed by atoms with Crippen molar-refractivity contribution in [2.45, 2.75) is 13.0 Å². The molecule has 0 radical (unpaired) electrons. The van der Waals surface area contributed by atoms with E-state index < -0.39 is 0 Å². The predicted molar refractivity (Wildman–Crippen MR) is 49.9 cm³/mol. The van der Waals surface area contributed by atoms with Gasteiger partial charge in [-0.1, -0.05) is 0 Å². The lowest BCUT2D eigenvalue weighted by atomic mass is 10.2. The first-order chi connectivity index (χ1) is 6.79. The van der Waals surface area contributed by atoms with E-state index in [1.807, 2.05) is 6.92 Å². The van der Waals surface area contributed by atoms with Gasteiger partial charge >= 0.3 is 0 Å². The third-order valence-electron chi connectivity index (χ3n) is 2.19. The number of hydrogen-bond acceptors (Lipinski definition) is 4. The lowest BCUT2D eigenvalue weighted by Crippen LogP contribution is -2.51. The van der Waals surface area contributed by atoms with Crippen LogP contribution in [0.1, 0.15) is 6.92 Å². The van der Waals surface area contributed by atoms with E-state index in [-0.39, 0.29) is 25.2 Å². The maximum absolute atomic E-state index is 11.6. The van der Waals surface area contributed by atoms with Gasteiger partial charge in [-0.25, -0.2) is 0 Å². The smallest absolute Gasteiger partial charge is 0.249 e. The highest BCUT2D eigenvalue weighted by molar-refractivity contribution is 5.77. The van der Waals surface area contributed by atoms with Crippen molar-refractivity contribution in [2.24, 2.45) is 0 Å². The first-order valence-corrected chi connectivity index (χ1v) is 4.85. The fourth-order valence-electron chi connectivity index (χ4n) is 1.41. The zero-order valence-electron chi connectivity index (χ0n) is 8.44. The van der Waals surface area contributed by atoms with Crippen LogP contribution in [0.5, 0.6) is 0 Å². The fourth-order valence-corrected chi connectivity index (χ4v) is 1.41. The second-order valence-electron chi connectivity index (χ2n) is 3.14. The van der Waals surface area contributed by atoms with Gasteiger partial charge in [-0.3, -0.25) is 4.79 Å². The fraction of sp³-hybridized carbons (Fsp3) is 0.889. The highest BCUT2D eigenvalue weighted by Crippen LogP contribution is 2.06. The highest BCUT2D eigenvalue weighted by Gasteiger charge is 2.26. The molecule has 1 saturated heterocycles. The van der Waals surface area contributed by atoms with Crippen molar-refractivity contribution in [2.75, 3.05) is 39.6 Å². The van der Waals surface area contributed by atoms with Crippen LogP contribution in [0.3, 0.4) is 0 Å². The second kappa shape index (κ2) is 5.95. The summed E-state index contributed by atoms with van der Waals surface area (Å²) in [5.74, 6) is -0.0748. The second-order valence-corrected chi connectivity index (χ2v) is 3.14. The number of carbonyl (C=O) groups excluding carboxylic acids is 1. The van der Waals surface area contributed by atoms with Crippen molar-refractivity contribution in [3.05, 3.63) is 0 Å². The van der Waals surface area contributed by atoms with Crippen molar-refractivity contribution in [1.29, 1.82) is 0 Å². The van der Waals surface area contributed by atoms with E-state index >= 15 is 0 Å². The van der Waals surface area contributed by atoms with E-state index in [2.05, 4.69) is 0 Å². The Labute approximate surface area is 83.6 Å². The molecule has 0 aromatic carbocycles. The number of carbonyl (C=O) groups is 1. The van der Waals surface area contributed by atoms with E-state index in [4.69, 9.17) is 14.6 Å². The Morgan fingerprint density at radius 1 is 1.71 bits per heavy atom. The lowest BCUT2D eigenvalue weighted by molar-refractivity contribution is -0.146. The molecule has 5 nitrogen and oxygen atoms in total. The minimum Gasteiger partial charge on any atom is -0.394 e. The van der Waals surface area contributed by atoms with Gasteiger partial charge < -0.3 is 19.5 Å². The number of amides is 1.